The standard InChI is InChI=1S/C16H20N4O3/c1-10(2)15(22)19-18-14(21)9-20-13-6-4-3-5-11(13)7-12(8-17)16(20)23/h7,10H,3-6,9H2,1-2H3,(H,18,21)(H,19,22). The van der Waals surface area contributed by atoms with E-state index in [2.05, 4.69) is 10.9 Å². The van der Waals surface area contributed by atoms with Gasteiger partial charge >= 0.3 is 0 Å². The molecule has 122 valence electrons. The highest BCUT2D eigenvalue weighted by molar-refractivity contribution is 5.82. The lowest BCUT2D eigenvalue weighted by Gasteiger charge is -2.21. The summed E-state index contributed by atoms with van der Waals surface area (Å²) in [6.07, 6.45) is 3.47. The van der Waals surface area contributed by atoms with Crippen LogP contribution < -0.4 is 16.4 Å². The summed E-state index contributed by atoms with van der Waals surface area (Å²) in [6.45, 7) is 3.20. The summed E-state index contributed by atoms with van der Waals surface area (Å²) in [7, 11) is 0. The number of hydrogen-bond acceptors (Lipinski definition) is 4. The first kappa shape index (κ1) is 16.7. The Labute approximate surface area is 134 Å². The van der Waals surface area contributed by atoms with Crippen molar-refractivity contribution < 1.29 is 9.59 Å². The Morgan fingerprint density at radius 2 is 2.00 bits per heavy atom. The molecule has 1 aliphatic carbocycles. The second kappa shape index (κ2) is 7.09. The van der Waals surface area contributed by atoms with E-state index >= 15 is 0 Å². The number of nitrogens with one attached hydrogen (secondary N) is 2. The number of rotatable bonds is 3. The number of pyridine rings is 1. The Kier molecular flexibility index (Phi) is 5.16. The van der Waals surface area contributed by atoms with Gasteiger partial charge in [-0.2, -0.15) is 5.26 Å². The topological polar surface area (TPSA) is 104 Å². The van der Waals surface area contributed by atoms with Crippen molar-refractivity contribution in [1.82, 2.24) is 15.4 Å². The molecule has 0 bridgehead atoms. The highest BCUT2D eigenvalue weighted by Crippen LogP contribution is 2.20. The van der Waals surface area contributed by atoms with Gasteiger partial charge in [0.05, 0.1) is 0 Å². The highest BCUT2D eigenvalue weighted by atomic mass is 16.2. The summed E-state index contributed by atoms with van der Waals surface area (Å²) in [5, 5.41) is 9.09. The minimum atomic E-state index is -0.496. The maximum absolute atomic E-state index is 12.3. The fourth-order valence-electron chi connectivity index (χ4n) is 2.59. The van der Waals surface area contributed by atoms with E-state index in [0.717, 1.165) is 30.5 Å². The molecule has 1 aromatic heterocycles. The van der Waals surface area contributed by atoms with Crippen LogP contribution in [0.3, 0.4) is 0 Å². The van der Waals surface area contributed by atoms with Crippen molar-refractivity contribution in [3.8, 4) is 6.07 Å². The maximum atomic E-state index is 12.3. The van der Waals surface area contributed by atoms with Crippen molar-refractivity contribution in [2.75, 3.05) is 0 Å². The number of fused-ring (bicyclic) bond motifs is 1. The molecule has 0 saturated heterocycles. The number of hydrazine groups is 1. The summed E-state index contributed by atoms with van der Waals surface area (Å²) >= 11 is 0. The molecule has 2 N–H and O–H groups in total. The van der Waals surface area contributed by atoms with Crippen LogP contribution in [0.2, 0.25) is 0 Å². The molecule has 23 heavy (non-hydrogen) atoms. The molecule has 1 aliphatic rings. The van der Waals surface area contributed by atoms with E-state index in [1.807, 2.05) is 6.07 Å². The van der Waals surface area contributed by atoms with Crippen molar-refractivity contribution in [3.05, 3.63) is 33.2 Å². The molecule has 0 atom stereocenters. The zero-order chi connectivity index (χ0) is 17.0. The minimum absolute atomic E-state index is 0.0460. The lowest BCUT2D eigenvalue weighted by Crippen LogP contribution is -2.46. The fraction of sp³-hybridized carbons (Fsp3) is 0.500. The van der Waals surface area contributed by atoms with Crippen LogP contribution >= 0.6 is 0 Å². The molecular formula is C16H20N4O3. The van der Waals surface area contributed by atoms with E-state index in [1.165, 1.54) is 4.57 Å². The predicted octanol–water partition coefficient (Wildman–Crippen LogP) is 0.402. The quantitative estimate of drug-likeness (QED) is 0.788. The van der Waals surface area contributed by atoms with Gasteiger partial charge in [-0.3, -0.25) is 25.2 Å². The first-order valence-corrected chi connectivity index (χ1v) is 7.68. The van der Waals surface area contributed by atoms with Gasteiger partial charge in [0, 0.05) is 11.6 Å². The third-order valence-electron chi connectivity index (χ3n) is 3.87. The van der Waals surface area contributed by atoms with E-state index in [4.69, 9.17) is 5.26 Å². The highest BCUT2D eigenvalue weighted by Gasteiger charge is 2.19. The van der Waals surface area contributed by atoms with Crippen molar-refractivity contribution in [2.24, 2.45) is 5.92 Å². The van der Waals surface area contributed by atoms with Crippen LogP contribution in [0.25, 0.3) is 0 Å². The number of carbonyl (C=O) groups excluding carboxylic acids is 2. The van der Waals surface area contributed by atoms with Crippen LogP contribution in [0.15, 0.2) is 10.9 Å². The van der Waals surface area contributed by atoms with Gasteiger partial charge in [-0.15, -0.1) is 0 Å². The van der Waals surface area contributed by atoms with Crippen molar-refractivity contribution in [2.45, 2.75) is 46.1 Å². The average Bonchev–Trinajstić information content (AvgIpc) is 2.54. The van der Waals surface area contributed by atoms with Gasteiger partial charge in [-0.25, -0.2) is 0 Å². The zero-order valence-electron chi connectivity index (χ0n) is 13.3. The van der Waals surface area contributed by atoms with Gasteiger partial charge in [0.1, 0.15) is 18.2 Å². The molecule has 0 aliphatic heterocycles. The third-order valence-corrected chi connectivity index (χ3v) is 3.87. The zero-order valence-corrected chi connectivity index (χ0v) is 13.3. The molecule has 7 nitrogen and oxygen atoms in total. The fourth-order valence-corrected chi connectivity index (χ4v) is 2.59. The molecule has 0 fully saturated rings. The lowest BCUT2D eigenvalue weighted by molar-refractivity contribution is -0.130. The second-order valence-corrected chi connectivity index (χ2v) is 5.93. The summed E-state index contributed by atoms with van der Waals surface area (Å²) in [5.74, 6) is -1.06. The number of amides is 2. The van der Waals surface area contributed by atoms with Crippen molar-refractivity contribution >= 4 is 11.8 Å². The summed E-state index contributed by atoms with van der Waals surface area (Å²) < 4.78 is 1.35. The molecule has 0 radical (unpaired) electrons. The number of carbonyl (C=O) groups is 2. The summed E-state index contributed by atoms with van der Waals surface area (Å²) in [4.78, 5) is 35.8. The van der Waals surface area contributed by atoms with Crippen LogP contribution in [-0.2, 0) is 29.0 Å². The monoisotopic (exact) mass is 316 g/mol. The third kappa shape index (κ3) is 3.77. The molecule has 0 spiro atoms. The predicted molar refractivity (Wildman–Crippen MR) is 83.2 cm³/mol. The molecule has 2 amide bonds. The normalized spacial score (nSPS) is 13.1. The molecule has 0 unspecified atom stereocenters. The molecule has 7 heteroatoms. The van der Waals surface area contributed by atoms with Gasteiger partial charge in [-0.1, -0.05) is 13.8 Å². The Bertz CT molecular complexity index is 728. The molecular weight excluding hydrogens is 296 g/mol. The van der Waals surface area contributed by atoms with Gasteiger partial charge in [-0.05, 0) is 37.3 Å². The lowest BCUT2D eigenvalue weighted by atomic mass is 9.94. The summed E-state index contributed by atoms with van der Waals surface area (Å²) in [5.41, 5.74) is 5.96. The number of aryl methyl sites for hydroxylation is 1. The SMILES string of the molecule is CC(C)C(=O)NNC(=O)Cn1c2c(cc(C#N)c1=O)CCCC2. The Morgan fingerprint density at radius 1 is 1.30 bits per heavy atom. The number of nitriles is 1. The molecule has 0 aromatic carbocycles. The van der Waals surface area contributed by atoms with Crippen LogP contribution in [0.4, 0.5) is 0 Å². The number of hydrogen-bond donors (Lipinski definition) is 2. The van der Waals surface area contributed by atoms with Crippen LogP contribution in [0.5, 0.6) is 0 Å². The van der Waals surface area contributed by atoms with Crippen LogP contribution in [0.1, 0.15) is 43.5 Å². The Balaban J connectivity index is 2.22. The van der Waals surface area contributed by atoms with Crippen molar-refractivity contribution in [3.63, 3.8) is 0 Å². The second-order valence-electron chi connectivity index (χ2n) is 5.93. The molecule has 2 rings (SSSR count). The van der Waals surface area contributed by atoms with E-state index in [-0.39, 0.29) is 23.9 Å². The Morgan fingerprint density at radius 3 is 2.65 bits per heavy atom. The molecule has 0 saturated carbocycles. The molecule has 1 heterocycles. The number of aromatic nitrogens is 1. The van der Waals surface area contributed by atoms with Gasteiger partial charge in [0.15, 0.2) is 0 Å². The smallest absolute Gasteiger partial charge is 0.269 e. The summed E-state index contributed by atoms with van der Waals surface area (Å²) in [6, 6.07) is 3.52. The van der Waals surface area contributed by atoms with E-state index in [9.17, 15) is 14.4 Å². The first-order valence-electron chi connectivity index (χ1n) is 7.68. The van der Waals surface area contributed by atoms with E-state index < -0.39 is 11.5 Å². The average molecular weight is 316 g/mol. The van der Waals surface area contributed by atoms with Gasteiger partial charge in [0.25, 0.3) is 11.5 Å². The van der Waals surface area contributed by atoms with Crippen LogP contribution in [-0.4, -0.2) is 16.4 Å². The first-order chi connectivity index (χ1) is 10.9. The minimum Gasteiger partial charge on any atom is -0.302 e. The van der Waals surface area contributed by atoms with Crippen molar-refractivity contribution in [1.29, 1.82) is 5.26 Å². The maximum Gasteiger partial charge on any atom is 0.269 e. The van der Waals surface area contributed by atoms with Crippen LogP contribution in [0, 0.1) is 17.2 Å². The largest absolute Gasteiger partial charge is 0.302 e. The van der Waals surface area contributed by atoms with Gasteiger partial charge in [0.2, 0.25) is 5.91 Å². The Hall–Kier alpha value is -2.62. The van der Waals surface area contributed by atoms with Gasteiger partial charge < -0.3 is 4.57 Å². The van der Waals surface area contributed by atoms with E-state index in [0.29, 0.717) is 6.42 Å². The number of nitrogens with zero attached hydrogens (tertiary/aromatic N) is 2. The molecule has 1 aromatic rings. The van der Waals surface area contributed by atoms with E-state index in [1.54, 1.807) is 19.9 Å².